The highest BCUT2D eigenvalue weighted by molar-refractivity contribution is 5.84. The Labute approximate surface area is 95.4 Å². The lowest BCUT2D eigenvalue weighted by Crippen LogP contribution is -2.38. The van der Waals surface area contributed by atoms with E-state index in [2.05, 4.69) is 0 Å². The van der Waals surface area contributed by atoms with Crippen LogP contribution in [-0.4, -0.2) is 48.2 Å². The van der Waals surface area contributed by atoms with Gasteiger partial charge in [-0.2, -0.15) is 0 Å². The Morgan fingerprint density at radius 3 is 2.44 bits per heavy atom. The van der Waals surface area contributed by atoms with Gasteiger partial charge < -0.3 is 14.7 Å². The van der Waals surface area contributed by atoms with Crippen LogP contribution in [0.5, 0.6) is 0 Å². The first-order chi connectivity index (χ1) is 7.47. The summed E-state index contributed by atoms with van der Waals surface area (Å²) < 4.78 is 5.17. The maximum Gasteiger partial charge on any atom is 0.307 e. The highest BCUT2D eigenvalue weighted by Gasteiger charge is 2.33. The molecule has 0 radical (unpaired) electrons. The summed E-state index contributed by atoms with van der Waals surface area (Å²) in [6.07, 6.45) is 0.924. The number of hydrogen-bond donors (Lipinski definition) is 1. The van der Waals surface area contributed by atoms with Crippen molar-refractivity contribution in [2.24, 2.45) is 11.8 Å². The lowest BCUT2D eigenvalue weighted by Gasteiger charge is -2.22. The molecular weight excluding hydrogens is 210 g/mol. The van der Waals surface area contributed by atoms with Crippen molar-refractivity contribution in [3.8, 4) is 0 Å². The van der Waals surface area contributed by atoms with Gasteiger partial charge in [0.05, 0.1) is 12.0 Å². The summed E-state index contributed by atoms with van der Waals surface area (Å²) in [5, 5.41) is 8.85. The van der Waals surface area contributed by atoms with Crippen molar-refractivity contribution in [3.63, 3.8) is 0 Å². The number of carboxylic acid groups (broad SMARTS) is 1. The summed E-state index contributed by atoms with van der Waals surface area (Å²) in [6, 6.07) is 0. The van der Waals surface area contributed by atoms with E-state index in [9.17, 15) is 9.59 Å². The lowest BCUT2D eigenvalue weighted by molar-refractivity contribution is -0.148. The zero-order chi connectivity index (χ0) is 12.3. The largest absolute Gasteiger partial charge is 0.481 e. The molecule has 1 fully saturated rings. The highest BCUT2D eigenvalue weighted by atomic mass is 16.5. The van der Waals surface area contributed by atoms with Crippen LogP contribution in [-0.2, 0) is 14.3 Å². The smallest absolute Gasteiger partial charge is 0.307 e. The molecule has 0 aromatic rings. The number of nitrogens with zero attached hydrogens (tertiary/aromatic N) is 1. The van der Waals surface area contributed by atoms with Crippen LogP contribution < -0.4 is 0 Å². The highest BCUT2D eigenvalue weighted by Crippen LogP contribution is 2.19. The molecule has 92 valence electrons. The second-order valence-electron chi connectivity index (χ2n) is 4.35. The number of methoxy groups -OCH3 is 1. The second kappa shape index (κ2) is 5.30. The molecular formula is C11H19NO4. The molecule has 1 amide bonds. The number of carbonyl (C=O) groups excluding carboxylic acids is 1. The van der Waals surface area contributed by atoms with Crippen molar-refractivity contribution in [1.29, 1.82) is 0 Å². The predicted molar refractivity (Wildman–Crippen MR) is 58.0 cm³/mol. The first-order valence-electron chi connectivity index (χ1n) is 5.51. The van der Waals surface area contributed by atoms with Gasteiger partial charge in [-0.1, -0.05) is 13.8 Å². The van der Waals surface area contributed by atoms with Gasteiger partial charge in [0, 0.05) is 26.1 Å². The number of carbonyl (C=O) groups is 2. The molecule has 1 saturated heterocycles. The van der Waals surface area contributed by atoms with Crippen LogP contribution in [0.25, 0.3) is 0 Å². The topological polar surface area (TPSA) is 66.8 Å². The van der Waals surface area contributed by atoms with Crippen LogP contribution in [0.1, 0.15) is 20.3 Å². The average Bonchev–Trinajstić information content (AvgIpc) is 2.74. The molecule has 0 saturated carbocycles. The van der Waals surface area contributed by atoms with Crippen LogP contribution in [0, 0.1) is 11.8 Å². The van der Waals surface area contributed by atoms with Gasteiger partial charge in [0.2, 0.25) is 5.91 Å². The molecule has 0 aromatic heterocycles. The molecule has 1 N–H and O–H groups in total. The number of carboxylic acids is 1. The second-order valence-corrected chi connectivity index (χ2v) is 4.35. The third-order valence-electron chi connectivity index (χ3n) is 3.32. The van der Waals surface area contributed by atoms with E-state index in [0.717, 1.165) is 6.42 Å². The van der Waals surface area contributed by atoms with E-state index in [4.69, 9.17) is 9.84 Å². The molecule has 0 spiro atoms. The number of ether oxygens (including phenoxy) is 1. The van der Waals surface area contributed by atoms with Crippen LogP contribution >= 0.6 is 0 Å². The Hall–Kier alpha value is -1.10. The van der Waals surface area contributed by atoms with Crippen molar-refractivity contribution < 1.29 is 19.4 Å². The van der Waals surface area contributed by atoms with Gasteiger partial charge in [-0.3, -0.25) is 9.59 Å². The molecule has 1 rings (SSSR count). The third kappa shape index (κ3) is 2.72. The van der Waals surface area contributed by atoms with Gasteiger partial charge in [0.25, 0.3) is 0 Å². The van der Waals surface area contributed by atoms with Gasteiger partial charge in [-0.25, -0.2) is 0 Å². The molecule has 0 aliphatic carbocycles. The number of likely N-dealkylation sites (tertiary alicyclic amines) is 1. The van der Waals surface area contributed by atoms with E-state index in [1.54, 1.807) is 25.9 Å². The molecule has 16 heavy (non-hydrogen) atoms. The number of aliphatic carboxylic acids is 1. The standard InChI is InChI=1S/C11H19NO4/c1-7(8(2)11(14)15)10(13)12-5-4-9(6-12)16-3/h7-9H,4-6H2,1-3H3,(H,14,15). The monoisotopic (exact) mass is 229 g/mol. The van der Waals surface area contributed by atoms with Crippen LogP contribution in [0.2, 0.25) is 0 Å². The van der Waals surface area contributed by atoms with Crippen molar-refractivity contribution in [1.82, 2.24) is 4.90 Å². The molecule has 0 bridgehead atoms. The molecule has 5 heteroatoms. The Balaban J connectivity index is 2.55. The minimum atomic E-state index is -0.927. The van der Waals surface area contributed by atoms with Gasteiger partial charge in [-0.15, -0.1) is 0 Å². The van der Waals surface area contributed by atoms with E-state index in [1.165, 1.54) is 0 Å². The van der Waals surface area contributed by atoms with E-state index in [0.29, 0.717) is 13.1 Å². The maximum atomic E-state index is 12.0. The van der Waals surface area contributed by atoms with E-state index < -0.39 is 17.8 Å². The summed E-state index contributed by atoms with van der Waals surface area (Å²) >= 11 is 0. The average molecular weight is 229 g/mol. The van der Waals surface area contributed by atoms with Crippen LogP contribution in [0.4, 0.5) is 0 Å². The van der Waals surface area contributed by atoms with Crippen molar-refractivity contribution in [2.75, 3.05) is 20.2 Å². The first kappa shape index (κ1) is 13.0. The Morgan fingerprint density at radius 2 is 2.00 bits per heavy atom. The molecule has 1 heterocycles. The van der Waals surface area contributed by atoms with Crippen molar-refractivity contribution >= 4 is 11.9 Å². The van der Waals surface area contributed by atoms with Gasteiger partial charge in [0.15, 0.2) is 0 Å². The zero-order valence-corrected chi connectivity index (χ0v) is 9.97. The fourth-order valence-electron chi connectivity index (χ4n) is 1.84. The summed E-state index contributed by atoms with van der Waals surface area (Å²) in [4.78, 5) is 24.4. The summed E-state index contributed by atoms with van der Waals surface area (Å²) in [5.41, 5.74) is 0. The maximum absolute atomic E-state index is 12.0. The van der Waals surface area contributed by atoms with E-state index in [1.807, 2.05) is 0 Å². The fraction of sp³-hybridized carbons (Fsp3) is 0.818. The van der Waals surface area contributed by atoms with Crippen LogP contribution in [0.15, 0.2) is 0 Å². The van der Waals surface area contributed by atoms with Crippen LogP contribution in [0.3, 0.4) is 0 Å². The lowest BCUT2D eigenvalue weighted by atomic mass is 9.95. The SMILES string of the molecule is COC1CCN(C(=O)C(C)C(C)C(=O)O)C1. The van der Waals surface area contributed by atoms with Crippen molar-refractivity contribution in [2.45, 2.75) is 26.4 Å². The molecule has 1 aliphatic heterocycles. The molecule has 3 atom stereocenters. The summed E-state index contributed by atoms with van der Waals surface area (Å²) in [7, 11) is 1.63. The normalized spacial score (nSPS) is 24.2. The number of amides is 1. The van der Waals surface area contributed by atoms with Gasteiger partial charge in [-0.05, 0) is 6.42 Å². The third-order valence-corrected chi connectivity index (χ3v) is 3.32. The minimum absolute atomic E-state index is 0.0885. The van der Waals surface area contributed by atoms with Gasteiger partial charge in [0.1, 0.15) is 0 Å². The summed E-state index contributed by atoms with van der Waals surface area (Å²) in [5.74, 6) is -2.14. The fourth-order valence-corrected chi connectivity index (χ4v) is 1.84. The molecule has 0 aromatic carbocycles. The quantitative estimate of drug-likeness (QED) is 0.766. The Bertz CT molecular complexity index is 279. The molecule has 1 aliphatic rings. The first-order valence-corrected chi connectivity index (χ1v) is 5.51. The Kier molecular flexibility index (Phi) is 4.29. The van der Waals surface area contributed by atoms with Crippen molar-refractivity contribution in [3.05, 3.63) is 0 Å². The molecule has 5 nitrogen and oxygen atoms in total. The summed E-state index contributed by atoms with van der Waals surface area (Å²) in [6.45, 7) is 4.47. The number of rotatable bonds is 4. The Morgan fingerprint density at radius 1 is 1.38 bits per heavy atom. The predicted octanol–water partition coefficient (Wildman–Crippen LogP) is 0.591. The van der Waals surface area contributed by atoms with Gasteiger partial charge >= 0.3 is 5.97 Å². The van der Waals surface area contributed by atoms with E-state index >= 15 is 0 Å². The minimum Gasteiger partial charge on any atom is -0.481 e. The number of hydrogen-bond acceptors (Lipinski definition) is 3. The molecule has 3 unspecified atom stereocenters. The zero-order valence-electron chi connectivity index (χ0n) is 9.97. The van der Waals surface area contributed by atoms with E-state index in [-0.39, 0.29) is 12.0 Å².